The molecule has 4 rings (SSSR count). The van der Waals surface area contributed by atoms with Gasteiger partial charge in [0.15, 0.2) is 0 Å². The molecule has 0 atom stereocenters. The van der Waals surface area contributed by atoms with Crippen molar-refractivity contribution in [1.82, 2.24) is 24.3 Å². The molecular weight excluding hydrogens is 605 g/mol. The largest absolute Gasteiger partial charge is 0.495 e. The summed E-state index contributed by atoms with van der Waals surface area (Å²) in [6.45, 7) is 10.1. The second kappa shape index (κ2) is 13.4. The van der Waals surface area contributed by atoms with Crippen LogP contribution in [0.5, 0.6) is 11.5 Å². The number of hydrogen-bond donors (Lipinski definition) is 1. The van der Waals surface area contributed by atoms with Crippen LogP contribution in [-0.4, -0.2) is 83.7 Å². The molecule has 1 aliphatic rings. The number of likely N-dealkylation sites (N-methyl/N-ethyl adjacent to an activating group) is 1. The molecule has 13 heteroatoms. The van der Waals surface area contributed by atoms with Crippen molar-refractivity contribution >= 4 is 46.1 Å². The highest BCUT2D eigenvalue weighted by Gasteiger charge is 2.35. The minimum absolute atomic E-state index is 0.0668. The number of allylic oxidation sites excluding steroid dienone is 1. The number of halogens is 2. The van der Waals surface area contributed by atoms with Gasteiger partial charge in [0.1, 0.15) is 28.8 Å². The Balaban J connectivity index is 1.67. The van der Waals surface area contributed by atoms with Crippen molar-refractivity contribution in [1.29, 1.82) is 5.26 Å². The quantitative estimate of drug-likeness (QED) is 0.244. The number of likely N-dealkylation sites (tertiary alicyclic amines) is 1. The van der Waals surface area contributed by atoms with E-state index in [1.807, 2.05) is 40.8 Å². The summed E-state index contributed by atoms with van der Waals surface area (Å²) in [7, 11) is 4.89. The van der Waals surface area contributed by atoms with Crippen LogP contribution >= 0.6 is 23.2 Å². The summed E-state index contributed by atoms with van der Waals surface area (Å²) >= 11 is 13.4. The van der Waals surface area contributed by atoms with E-state index in [0.29, 0.717) is 60.2 Å². The second-order valence-electron chi connectivity index (χ2n) is 11.7. The van der Waals surface area contributed by atoms with Crippen molar-refractivity contribution in [3.63, 3.8) is 0 Å². The van der Waals surface area contributed by atoms with E-state index in [0.717, 1.165) is 0 Å². The smallest absolute Gasteiger partial charge is 0.264 e. The maximum Gasteiger partial charge on any atom is 0.264 e. The Morgan fingerprint density at radius 1 is 1.20 bits per heavy atom. The molecule has 1 N–H and O–H groups in total. The van der Waals surface area contributed by atoms with Crippen LogP contribution in [0.25, 0.3) is 22.2 Å². The maximum atomic E-state index is 14.2. The first-order chi connectivity index (χ1) is 20.8. The zero-order chi connectivity index (χ0) is 32.3. The van der Waals surface area contributed by atoms with Gasteiger partial charge in [0.2, 0.25) is 5.95 Å². The highest BCUT2D eigenvalue weighted by molar-refractivity contribution is 6.41. The van der Waals surface area contributed by atoms with E-state index in [9.17, 15) is 14.9 Å². The Hall–Kier alpha value is -3.85. The Kier molecular flexibility index (Phi) is 10.1. The molecule has 0 unspecified atom stereocenters. The topological polar surface area (TPSA) is 126 Å². The van der Waals surface area contributed by atoms with Gasteiger partial charge in [0.25, 0.3) is 11.5 Å². The fraction of sp³-hybridized carbons (Fsp3) is 0.452. The van der Waals surface area contributed by atoms with Gasteiger partial charge >= 0.3 is 0 Å². The van der Waals surface area contributed by atoms with Crippen LogP contribution in [0.2, 0.25) is 10.0 Å². The van der Waals surface area contributed by atoms with Gasteiger partial charge in [0.05, 0.1) is 29.8 Å². The van der Waals surface area contributed by atoms with Crippen LogP contribution in [0.3, 0.4) is 0 Å². The first-order valence-electron chi connectivity index (χ1n) is 14.2. The first-order valence-corrected chi connectivity index (χ1v) is 15.0. The summed E-state index contributed by atoms with van der Waals surface area (Å²) in [5, 5.41) is 13.6. The number of anilines is 1. The molecule has 0 bridgehead atoms. The number of ether oxygens (including phenoxy) is 2. The fourth-order valence-corrected chi connectivity index (χ4v) is 5.70. The van der Waals surface area contributed by atoms with E-state index in [-0.39, 0.29) is 50.6 Å². The normalized spacial score (nSPS) is 14.0. The van der Waals surface area contributed by atoms with Gasteiger partial charge in [0, 0.05) is 62.0 Å². The lowest BCUT2D eigenvalue weighted by atomic mass is 9.93. The number of nitrogens with zero attached hydrogens (tertiary/aromatic N) is 6. The number of hydrogen-bond acceptors (Lipinski definition) is 9. The molecule has 0 radical (unpaired) electrons. The van der Waals surface area contributed by atoms with Gasteiger partial charge in [-0.3, -0.25) is 19.1 Å². The van der Waals surface area contributed by atoms with Crippen molar-refractivity contribution in [2.75, 3.05) is 52.8 Å². The first kappa shape index (κ1) is 33.1. The zero-order valence-corrected chi connectivity index (χ0v) is 27.5. The lowest BCUT2D eigenvalue weighted by molar-refractivity contribution is -0.133. The van der Waals surface area contributed by atoms with Gasteiger partial charge in [-0.15, -0.1) is 0 Å². The number of rotatable bonds is 10. The number of benzene rings is 1. The number of aromatic nitrogens is 3. The van der Waals surface area contributed by atoms with E-state index >= 15 is 0 Å². The van der Waals surface area contributed by atoms with Crippen molar-refractivity contribution in [2.24, 2.45) is 5.41 Å². The van der Waals surface area contributed by atoms with Crippen LogP contribution in [0, 0.1) is 16.7 Å². The van der Waals surface area contributed by atoms with E-state index in [1.165, 1.54) is 14.2 Å². The Morgan fingerprint density at radius 3 is 2.39 bits per heavy atom. The molecule has 3 aromatic rings. The van der Waals surface area contributed by atoms with E-state index in [2.05, 4.69) is 20.2 Å². The number of carbonyl (C=O) groups is 1. The molecule has 1 fully saturated rings. The lowest BCUT2D eigenvalue weighted by Crippen LogP contribution is -2.60. The molecule has 11 nitrogen and oxygen atoms in total. The summed E-state index contributed by atoms with van der Waals surface area (Å²) in [6.07, 6.45) is 3.35. The molecular formula is C31H37Cl2N7O4. The lowest BCUT2D eigenvalue weighted by Gasteiger charge is -2.44. The van der Waals surface area contributed by atoms with E-state index in [4.69, 9.17) is 32.7 Å². The number of pyridine rings is 1. The molecule has 0 saturated carbocycles. The minimum atomic E-state index is -0.345. The highest BCUT2D eigenvalue weighted by Crippen LogP contribution is 2.45. The van der Waals surface area contributed by atoms with Crippen LogP contribution in [0.1, 0.15) is 27.7 Å². The van der Waals surface area contributed by atoms with Crippen molar-refractivity contribution < 1.29 is 14.3 Å². The molecule has 1 amide bonds. The molecule has 1 aliphatic heterocycles. The van der Waals surface area contributed by atoms with Crippen LogP contribution in [-0.2, 0) is 11.3 Å². The molecule has 1 saturated heterocycles. The fourth-order valence-electron chi connectivity index (χ4n) is 5.00. The van der Waals surface area contributed by atoms with Crippen molar-refractivity contribution in [3.05, 3.63) is 50.4 Å². The number of nitriles is 1. The second-order valence-corrected chi connectivity index (χ2v) is 12.4. The molecule has 44 heavy (non-hydrogen) atoms. The maximum absolute atomic E-state index is 14.2. The highest BCUT2D eigenvalue weighted by atomic mass is 35.5. The van der Waals surface area contributed by atoms with Crippen molar-refractivity contribution in [2.45, 2.75) is 40.3 Å². The number of nitrogens with one attached hydrogen (secondary N) is 1. The molecule has 0 spiro atoms. The van der Waals surface area contributed by atoms with Gasteiger partial charge in [-0.25, -0.2) is 4.98 Å². The number of fused-ring (bicyclic) bond motifs is 1. The van der Waals surface area contributed by atoms with E-state index in [1.54, 1.807) is 33.9 Å². The average Bonchev–Trinajstić information content (AvgIpc) is 2.95. The van der Waals surface area contributed by atoms with Crippen LogP contribution in [0.15, 0.2) is 34.8 Å². The third-order valence-electron chi connectivity index (χ3n) is 7.38. The minimum Gasteiger partial charge on any atom is -0.495 e. The Labute approximate surface area is 267 Å². The molecule has 234 valence electrons. The van der Waals surface area contributed by atoms with Crippen molar-refractivity contribution in [3.8, 4) is 28.7 Å². The zero-order valence-electron chi connectivity index (χ0n) is 26.0. The van der Waals surface area contributed by atoms with Gasteiger partial charge in [-0.1, -0.05) is 50.0 Å². The summed E-state index contributed by atoms with van der Waals surface area (Å²) in [5.41, 5.74) is 0.518. The van der Waals surface area contributed by atoms with E-state index < -0.39 is 0 Å². The summed E-state index contributed by atoms with van der Waals surface area (Å²) in [4.78, 5) is 39.8. The van der Waals surface area contributed by atoms with Crippen LogP contribution in [0.4, 0.5) is 5.95 Å². The molecule has 2 aromatic heterocycles. The summed E-state index contributed by atoms with van der Waals surface area (Å²) in [6, 6.07) is 5.35. The Morgan fingerprint density at radius 2 is 1.84 bits per heavy atom. The third kappa shape index (κ3) is 6.78. The standard InChI is InChI=1S/C31H37Cl2N7O4/c1-8-35-30-36-15-18-11-21(24-25(32)22(43-6)12-23(44-7)26(24)33)29(42)40(27(18)37-30)10-9-38(5)20-16-39(17-20)28(41)19(14-34)13-31(2,3)4/h11-13,15,20H,8-10,16-17H2,1-7H3,(H,35,36,37). The van der Waals surface area contributed by atoms with Gasteiger partial charge in [-0.05, 0) is 25.5 Å². The SMILES string of the molecule is CCNc1ncc2cc(-c3c(Cl)c(OC)cc(OC)c3Cl)c(=O)n(CCN(C)C3CN(C(=O)C(C#N)=CC(C)(C)C)C3)c2n1. The number of methoxy groups -OCH3 is 2. The average molecular weight is 643 g/mol. The van der Waals surface area contributed by atoms with Gasteiger partial charge in [-0.2, -0.15) is 10.2 Å². The third-order valence-corrected chi connectivity index (χ3v) is 8.13. The Bertz CT molecular complexity index is 1670. The number of carbonyl (C=O) groups excluding carboxylic acids is 1. The summed E-state index contributed by atoms with van der Waals surface area (Å²) < 4.78 is 12.5. The number of amides is 1. The molecule has 3 heterocycles. The van der Waals surface area contributed by atoms with Crippen LogP contribution < -0.4 is 20.3 Å². The predicted molar refractivity (Wildman–Crippen MR) is 173 cm³/mol. The molecule has 1 aromatic carbocycles. The monoisotopic (exact) mass is 641 g/mol. The summed E-state index contributed by atoms with van der Waals surface area (Å²) in [5.74, 6) is 0.761. The predicted octanol–water partition coefficient (Wildman–Crippen LogP) is 4.85. The van der Waals surface area contributed by atoms with Gasteiger partial charge < -0.3 is 19.7 Å². The molecule has 0 aliphatic carbocycles.